The molecule has 0 saturated heterocycles. The smallest absolute Gasteiger partial charge is 0.236 e. The second-order valence-electron chi connectivity index (χ2n) is 6.32. The van der Waals surface area contributed by atoms with Gasteiger partial charge in [-0.3, -0.25) is 4.79 Å². The molecule has 1 unspecified atom stereocenters. The molecule has 140 valence electrons. The molecule has 2 N–H and O–H groups in total. The average Bonchev–Trinajstić information content (AvgIpc) is 3.28. The number of halogens is 1. The van der Waals surface area contributed by atoms with Gasteiger partial charge in [-0.1, -0.05) is 23.4 Å². The number of aromatic nitrogens is 3. The Labute approximate surface area is 170 Å². The number of hydrogen-bond donors (Lipinski definition) is 1. The third kappa shape index (κ3) is 3.69. The van der Waals surface area contributed by atoms with Gasteiger partial charge in [0.1, 0.15) is 0 Å². The van der Waals surface area contributed by atoms with Crippen molar-refractivity contribution in [3.8, 4) is 11.4 Å². The quantitative estimate of drug-likeness (QED) is 0.517. The number of nitrogen functional groups attached to an aromatic ring is 1. The van der Waals surface area contributed by atoms with E-state index in [-0.39, 0.29) is 11.2 Å². The highest BCUT2D eigenvalue weighted by atomic mass is 35.5. The maximum absolute atomic E-state index is 12.9. The van der Waals surface area contributed by atoms with E-state index >= 15 is 0 Å². The number of rotatable bonds is 4. The molecule has 3 aromatic rings. The van der Waals surface area contributed by atoms with E-state index < -0.39 is 0 Å². The Morgan fingerprint density at radius 3 is 2.85 bits per heavy atom. The zero-order valence-corrected chi connectivity index (χ0v) is 17.0. The summed E-state index contributed by atoms with van der Waals surface area (Å²) in [5.41, 5.74) is 2.07. The summed E-state index contributed by atoms with van der Waals surface area (Å²) in [6.45, 7) is 3.31. The molecule has 0 bridgehead atoms. The van der Waals surface area contributed by atoms with Crippen molar-refractivity contribution in [2.45, 2.75) is 30.3 Å². The van der Waals surface area contributed by atoms with Crippen LogP contribution in [0, 0.1) is 0 Å². The fourth-order valence-electron chi connectivity index (χ4n) is 3.06. The van der Waals surface area contributed by atoms with Crippen LogP contribution in [0.1, 0.15) is 17.4 Å². The summed E-state index contributed by atoms with van der Waals surface area (Å²) < 4.78 is 1.42. The lowest BCUT2D eigenvalue weighted by Crippen LogP contribution is -2.39. The van der Waals surface area contributed by atoms with Gasteiger partial charge >= 0.3 is 0 Å². The topological polar surface area (TPSA) is 77.0 Å². The average molecular weight is 420 g/mol. The number of nitrogens with two attached hydrogens (primary N) is 1. The molecule has 27 heavy (non-hydrogen) atoms. The molecule has 2 aromatic heterocycles. The Morgan fingerprint density at radius 2 is 2.07 bits per heavy atom. The van der Waals surface area contributed by atoms with Gasteiger partial charge in [-0.05, 0) is 54.6 Å². The summed E-state index contributed by atoms with van der Waals surface area (Å²) in [6.07, 6.45) is 0.921. The van der Waals surface area contributed by atoms with E-state index in [4.69, 9.17) is 17.4 Å². The minimum absolute atomic E-state index is 0.0906. The van der Waals surface area contributed by atoms with E-state index in [0.717, 1.165) is 18.5 Å². The van der Waals surface area contributed by atoms with Crippen LogP contribution in [-0.4, -0.2) is 37.5 Å². The third-order valence-electron chi connectivity index (χ3n) is 4.52. The summed E-state index contributed by atoms with van der Waals surface area (Å²) in [5, 5.41) is 11.3. The predicted octanol–water partition coefficient (Wildman–Crippen LogP) is 3.44. The van der Waals surface area contributed by atoms with Crippen LogP contribution >= 0.6 is 34.7 Å². The van der Waals surface area contributed by atoms with Gasteiger partial charge in [-0.2, -0.15) is 0 Å². The van der Waals surface area contributed by atoms with Gasteiger partial charge in [0.2, 0.25) is 11.1 Å². The standard InChI is InChI=1S/C18H18ClN5OS2/c1-11(17(25)23-8-6-15-13(10-23)7-9-26-15)27-18-22-21-16(24(18)20)12-2-4-14(19)5-3-12/h2-5,7,9,11H,6,8,10,20H2,1H3. The van der Waals surface area contributed by atoms with Gasteiger partial charge in [0.15, 0.2) is 5.82 Å². The number of thiophene rings is 1. The number of nitrogens with zero attached hydrogens (tertiary/aromatic N) is 4. The van der Waals surface area contributed by atoms with Crippen molar-refractivity contribution >= 4 is 40.6 Å². The SMILES string of the molecule is CC(Sc1nnc(-c2ccc(Cl)cc2)n1N)C(=O)N1CCc2sccc2C1. The van der Waals surface area contributed by atoms with E-state index in [1.807, 2.05) is 24.0 Å². The van der Waals surface area contributed by atoms with Crippen LogP contribution in [0.5, 0.6) is 0 Å². The molecule has 0 spiro atoms. The Balaban J connectivity index is 1.46. The number of amides is 1. The van der Waals surface area contributed by atoms with Gasteiger partial charge in [-0.15, -0.1) is 21.5 Å². The van der Waals surface area contributed by atoms with Crippen LogP contribution in [0.25, 0.3) is 11.4 Å². The number of carbonyl (C=O) groups is 1. The minimum Gasteiger partial charge on any atom is -0.337 e. The van der Waals surface area contributed by atoms with Gasteiger partial charge < -0.3 is 10.7 Å². The first kappa shape index (κ1) is 18.3. The molecule has 0 radical (unpaired) electrons. The van der Waals surface area contributed by atoms with Crippen molar-refractivity contribution in [2.24, 2.45) is 0 Å². The molecule has 1 aliphatic rings. The first-order chi connectivity index (χ1) is 13.0. The Kier molecular flexibility index (Phi) is 5.12. The summed E-state index contributed by atoms with van der Waals surface area (Å²) >= 11 is 9.01. The Bertz CT molecular complexity index is 969. The molecule has 1 amide bonds. The van der Waals surface area contributed by atoms with E-state index in [0.29, 0.717) is 22.5 Å². The van der Waals surface area contributed by atoms with Gasteiger partial charge in [0.05, 0.1) is 5.25 Å². The monoisotopic (exact) mass is 419 g/mol. The molecule has 6 nitrogen and oxygen atoms in total. The Morgan fingerprint density at radius 1 is 1.30 bits per heavy atom. The number of thioether (sulfide) groups is 1. The number of hydrogen-bond acceptors (Lipinski definition) is 6. The van der Waals surface area contributed by atoms with Crippen molar-refractivity contribution in [3.05, 3.63) is 51.2 Å². The summed E-state index contributed by atoms with van der Waals surface area (Å²) in [7, 11) is 0. The molecule has 0 fully saturated rings. The first-order valence-corrected chi connectivity index (χ1v) is 10.6. The summed E-state index contributed by atoms with van der Waals surface area (Å²) in [6, 6.07) is 9.33. The lowest BCUT2D eigenvalue weighted by Gasteiger charge is -2.29. The molecule has 9 heteroatoms. The highest BCUT2D eigenvalue weighted by molar-refractivity contribution is 8.00. The van der Waals surface area contributed by atoms with Crippen molar-refractivity contribution in [1.82, 2.24) is 19.8 Å². The molecule has 1 aromatic carbocycles. The zero-order chi connectivity index (χ0) is 19.0. The fourth-order valence-corrected chi connectivity index (χ4v) is 4.93. The normalized spacial score (nSPS) is 14.8. The van der Waals surface area contributed by atoms with Crippen LogP contribution < -0.4 is 5.84 Å². The van der Waals surface area contributed by atoms with E-state index in [9.17, 15) is 4.79 Å². The van der Waals surface area contributed by atoms with Crippen LogP contribution in [0.4, 0.5) is 0 Å². The van der Waals surface area contributed by atoms with E-state index in [1.54, 1.807) is 23.5 Å². The third-order valence-corrected chi connectivity index (χ3v) is 6.84. The number of carbonyl (C=O) groups excluding carboxylic acids is 1. The minimum atomic E-state index is -0.297. The fraction of sp³-hybridized carbons (Fsp3) is 0.278. The maximum atomic E-state index is 12.9. The second kappa shape index (κ2) is 7.53. The molecule has 0 aliphatic carbocycles. The van der Waals surface area contributed by atoms with E-state index in [2.05, 4.69) is 21.6 Å². The molecule has 1 atom stereocenters. The van der Waals surface area contributed by atoms with Crippen molar-refractivity contribution in [1.29, 1.82) is 0 Å². The van der Waals surface area contributed by atoms with Crippen molar-refractivity contribution < 1.29 is 4.79 Å². The molecular weight excluding hydrogens is 402 g/mol. The second-order valence-corrected chi connectivity index (χ2v) is 9.07. The molecule has 0 saturated carbocycles. The van der Waals surface area contributed by atoms with Crippen LogP contribution in [0.2, 0.25) is 5.02 Å². The molecular formula is C18H18ClN5OS2. The van der Waals surface area contributed by atoms with Crippen LogP contribution in [-0.2, 0) is 17.8 Å². The van der Waals surface area contributed by atoms with Crippen molar-refractivity contribution in [2.75, 3.05) is 12.4 Å². The van der Waals surface area contributed by atoms with Gasteiger partial charge in [0.25, 0.3) is 0 Å². The largest absolute Gasteiger partial charge is 0.337 e. The van der Waals surface area contributed by atoms with Crippen LogP contribution in [0.15, 0.2) is 40.9 Å². The molecule has 3 heterocycles. The van der Waals surface area contributed by atoms with Crippen molar-refractivity contribution in [3.63, 3.8) is 0 Å². The molecule has 1 aliphatic heterocycles. The maximum Gasteiger partial charge on any atom is 0.236 e. The van der Waals surface area contributed by atoms with Gasteiger partial charge in [0, 0.05) is 28.6 Å². The lowest BCUT2D eigenvalue weighted by molar-refractivity contribution is -0.131. The highest BCUT2D eigenvalue weighted by Crippen LogP contribution is 2.29. The zero-order valence-electron chi connectivity index (χ0n) is 14.6. The van der Waals surface area contributed by atoms with Crippen LogP contribution in [0.3, 0.4) is 0 Å². The highest BCUT2D eigenvalue weighted by Gasteiger charge is 2.27. The van der Waals surface area contributed by atoms with Gasteiger partial charge in [-0.25, -0.2) is 4.68 Å². The molecule has 4 rings (SSSR count). The number of fused-ring (bicyclic) bond motifs is 1. The first-order valence-electron chi connectivity index (χ1n) is 8.50. The Hall–Kier alpha value is -2.03. The van der Waals surface area contributed by atoms with E-state index in [1.165, 1.54) is 26.9 Å². The number of benzene rings is 1. The summed E-state index contributed by atoms with van der Waals surface area (Å²) in [5.74, 6) is 6.79. The predicted molar refractivity (Wildman–Crippen MR) is 109 cm³/mol. The lowest BCUT2D eigenvalue weighted by atomic mass is 10.1. The summed E-state index contributed by atoms with van der Waals surface area (Å²) in [4.78, 5) is 16.1.